The van der Waals surface area contributed by atoms with Crippen LogP contribution in [0.1, 0.15) is 23.6 Å². The minimum atomic E-state index is -0.0186. The van der Waals surface area contributed by atoms with Gasteiger partial charge >= 0.3 is 0 Å². The van der Waals surface area contributed by atoms with Crippen molar-refractivity contribution in [3.63, 3.8) is 0 Å². The van der Waals surface area contributed by atoms with E-state index in [-0.39, 0.29) is 11.9 Å². The molecule has 0 fully saturated rings. The van der Waals surface area contributed by atoms with Crippen LogP contribution >= 0.6 is 23.1 Å². The van der Waals surface area contributed by atoms with E-state index in [1.807, 2.05) is 55.5 Å². The molecule has 28 heavy (non-hydrogen) atoms. The van der Waals surface area contributed by atoms with Crippen molar-refractivity contribution in [2.75, 3.05) is 17.7 Å². The molecule has 1 atom stereocenters. The van der Waals surface area contributed by atoms with Crippen molar-refractivity contribution in [1.29, 1.82) is 0 Å². The van der Waals surface area contributed by atoms with E-state index in [1.54, 1.807) is 0 Å². The van der Waals surface area contributed by atoms with Crippen LogP contribution < -0.4 is 15.4 Å². The van der Waals surface area contributed by atoms with Crippen LogP contribution in [0, 0.1) is 6.92 Å². The summed E-state index contributed by atoms with van der Waals surface area (Å²) in [7, 11) is 0. The molecule has 8 heteroatoms. The van der Waals surface area contributed by atoms with Gasteiger partial charge in [0.05, 0.1) is 18.4 Å². The molecule has 4 rings (SSSR count). The van der Waals surface area contributed by atoms with Crippen LogP contribution in [0.5, 0.6) is 5.75 Å². The van der Waals surface area contributed by atoms with Gasteiger partial charge in [-0.25, -0.2) is 0 Å². The predicted octanol–water partition coefficient (Wildman–Crippen LogP) is 4.32. The fraction of sp³-hybridized carbons (Fsp3) is 0.250. The molecule has 1 aromatic heterocycles. The first kappa shape index (κ1) is 18.8. The quantitative estimate of drug-likeness (QED) is 0.587. The van der Waals surface area contributed by atoms with Crippen molar-refractivity contribution in [3.05, 3.63) is 59.7 Å². The van der Waals surface area contributed by atoms with Gasteiger partial charge in [-0.1, -0.05) is 59.0 Å². The van der Waals surface area contributed by atoms with Crippen molar-refractivity contribution in [1.82, 2.24) is 15.5 Å². The first-order chi connectivity index (χ1) is 13.7. The Morgan fingerprint density at radius 1 is 1.21 bits per heavy atom. The molecule has 1 aliphatic rings. The molecule has 1 amide bonds. The van der Waals surface area contributed by atoms with Gasteiger partial charge in [-0.05, 0) is 25.1 Å². The Morgan fingerprint density at radius 3 is 2.89 bits per heavy atom. The molecule has 6 nitrogen and oxygen atoms in total. The summed E-state index contributed by atoms with van der Waals surface area (Å²) in [6, 6.07) is 15.9. The highest BCUT2D eigenvalue weighted by Crippen LogP contribution is 2.32. The number of para-hydroxylation sites is 1. The van der Waals surface area contributed by atoms with Crippen molar-refractivity contribution >= 4 is 39.8 Å². The van der Waals surface area contributed by atoms with Crippen LogP contribution in [0.15, 0.2) is 52.9 Å². The molecule has 1 aliphatic heterocycles. The number of carbonyl (C=O) groups is 1. The summed E-state index contributed by atoms with van der Waals surface area (Å²) < 4.78 is 6.40. The molecule has 144 valence electrons. The molecule has 3 aromatic rings. The zero-order chi connectivity index (χ0) is 19.3. The molecule has 1 unspecified atom stereocenters. The lowest BCUT2D eigenvalue weighted by Gasteiger charge is -2.26. The highest BCUT2D eigenvalue weighted by atomic mass is 32.2. The average Bonchev–Trinajstić information content (AvgIpc) is 3.16. The van der Waals surface area contributed by atoms with Gasteiger partial charge in [0.25, 0.3) is 0 Å². The van der Waals surface area contributed by atoms with Crippen molar-refractivity contribution in [3.8, 4) is 5.75 Å². The largest absolute Gasteiger partial charge is 0.493 e. The van der Waals surface area contributed by atoms with Gasteiger partial charge in [0, 0.05) is 17.7 Å². The number of hydrogen-bond acceptors (Lipinski definition) is 7. The lowest BCUT2D eigenvalue weighted by molar-refractivity contribution is -0.119. The van der Waals surface area contributed by atoms with E-state index < -0.39 is 0 Å². The Morgan fingerprint density at radius 2 is 2.04 bits per heavy atom. The molecule has 0 aliphatic carbocycles. The number of ether oxygens (including phenoxy) is 1. The number of fused-ring (bicyclic) bond motifs is 1. The second-order valence-corrected chi connectivity index (χ2v) is 8.65. The van der Waals surface area contributed by atoms with Crippen LogP contribution in [-0.2, 0) is 4.79 Å². The Hall–Kier alpha value is -2.58. The van der Waals surface area contributed by atoms with E-state index in [1.165, 1.54) is 28.7 Å². The van der Waals surface area contributed by atoms with Gasteiger partial charge in [-0.3, -0.25) is 4.79 Å². The maximum absolute atomic E-state index is 12.4. The number of hydrogen-bond donors (Lipinski definition) is 2. The third-order valence-corrected chi connectivity index (χ3v) is 6.30. The smallest absolute Gasteiger partial charge is 0.230 e. The summed E-state index contributed by atoms with van der Waals surface area (Å²) in [4.78, 5) is 12.4. The molecule has 2 heterocycles. The maximum atomic E-state index is 12.4. The van der Waals surface area contributed by atoms with Gasteiger partial charge in [-0.2, -0.15) is 0 Å². The van der Waals surface area contributed by atoms with Gasteiger partial charge in [0.15, 0.2) is 4.34 Å². The summed E-state index contributed by atoms with van der Waals surface area (Å²) in [5, 5.41) is 15.3. The summed E-state index contributed by atoms with van der Waals surface area (Å²) in [5.41, 5.74) is 3.21. The van der Waals surface area contributed by atoms with E-state index >= 15 is 0 Å². The number of thioether (sulfide) groups is 1. The monoisotopic (exact) mass is 412 g/mol. The Bertz CT molecular complexity index is 959. The molecule has 0 saturated heterocycles. The van der Waals surface area contributed by atoms with Crippen LogP contribution in [0.3, 0.4) is 0 Å². The van der Waals surface area contributed by atoms with Gasteiger partial charge < -0.3 is 15.4 Å². The Labute approximate surface area is 171 Å². The minimum absolute atomic E-state index is 0.00812. The standard InChI is InChI=1S/C20H20N4O2S2/c1-13-6-8-14(9-7-13)21-19-23-24-20(28-19)27-12-18(25)22-16-10-11-26-17-5-3-2-4-15(16)17/h2-9,16H,10-12H2,1H3,(H,21,23)(H,22,25). The van der Waals surface area contributed by atoms with E-state index in [4.69, 9.17) is 4.74 Å². The second kappa shape index (κ2) is 8.62. The highest BCUT2D eigenvalue weighted by Gasteiger charge is 2.22. The zero-order valence-corrected chi connectivity index (χ0v) is 17.0. The lowest BCUT2D eigenvalue weighted by Crippen LogP contribution is -2.33. The highest BCUT2D eigenvalue weighted by molar-refractivity contribution is 8.01. The summed E-state index contributed by atoms with van der Waals surface area (Å²) in [5.74, 6) is 1.14. The average molecular weight is 413 g/mol. The van der Waals surface area contributed by atoms with E-state index in [0.29, 0.717) is 17.5 Å². The third kappa shape index (κ3) is 4.63. The number of benzene rings is 2. The zero-order valence-electron chi connectivity index (χ0n) is 15.3. The fourth-order valence-corrected chi connectivity index (χ4v) is 4.52. The van der Waals surface area contributed by atoms with Crippen molar-refractivity contribution in [2.45, 2.75) is 23.7 Å². The second-order valence-electron chi connectivity index (χ2n) is 6.45. The normalized spacial score (nSPS) is 15.4. The summed E-state index contributed by atoms with van der Waals surface area (Å²) >= 11 is 2.83. The number of aromatic nitrogens is 2. The summed E-state index contributed by atoms with van der Waals surface area (Å²) in [6.45, 7) is 2.66. The molecule has 2 N–H and O–H groups in total. The first-order valence-corrected chi connectivity index (χ1v) is 10.8. The third-order valence-electron chi connectivity index (χ3n) is 4.33. The van der Waals surface area contributed by atoms with Crippen LogP contribution in [-0.4, -0.2) is 28.5 Å². The Kier molecular flexibility index (Phi) is 5.78. The van der Waals surface area contributed by atoms with Gasteiger partial charge in [0.2, 0.25) is 11.0 Å². The van der Waals surface area contributed by atoms with Crippen molar-refractivity contribution in [2.24, 2.45) is 0 Å². The van der Waals surface area contributed by atoms with Gasteiger partial charge in [-0.15, -0.1) is 10.2 Å². The summed E-state index contributed by atoms with van der Waals surface area (Å²) in [6.07, 6.45) is 0.775. The molecule has 0 spiro atoms. The number of rotatable bonds is 6. The molecular formula is C20H20N4O2S2. The maximum Gasteiger partial charge on any atom is 0.230 e. The number of carbonyl (C=O) groups excluding carboxylic acids is 1. The van der Waals surface area contributed by atoms with Crippen LogP contribution in [0.4, 0.5) is 10.8 Å². The molecule has 0 radical (unpaired) electrons. The fourth-order valence-electron chi connectivity index (χ4n) is 2.93. The van der Waals surface area contributed by atoms with E-state index in [0.717, 1.165) is 27.8 Å². The number of nitrogens with one attached hydrogen (secondary N) is 2. The van der Waals surface area contributed by atoms with Crippen molar-refractivity contribution < 1.29 is 9.53 Å². The number of nitrogens with zero attached hydrogens (tertiary/aromatic N) is 2. The first-order valence-electron chi connectivity index (χ1n) is 8.98. The Balaban J connectivity index is 1.30. The topological polar surface area (TPSA) is 76.1 Å². The molecular weight excluding hydrogens is 392 g/mol. The SMILES string of the molecule is Cc1ccc(Nc2nnc(SCC(=O)NC3CCOc4ccccc43)s2)cc1. The predicted molar refractivity (Wildman–Crippen MR) is 113 cm³/mol. The van der Waals surface area contributed by atoms with Crippen LogP contribution in [0.25, 0.3) is 0 Å². The molecule has 2 aromatic carbocycles. The molecule has 0 bridgehead atoms. The van der Waals surface area contributed by atoms with E-state index in [9.17, 15) is 4.79 Å². The van der Waals surface area contributed by atoms with Crippen LogP contribution in [0.2, 0.25) is 0 Å². The number of anilines is 2. The van der Waals surface area contributed by atoms with E-state index in [2.05, 4.69) is 20.8 Å². The lowest BCUT2D eigenvalue weighted by atomic mass is 10.0. The number of amides is 1. The minimum Gasteiger partial charge on any atom is -0.493 e. The number of aryl methyl sites for hydroxylation is 1. The van der Waals surface area contributed by atoms with Gasteiger partial charge in [0.1, 0.15) is 5.75 Å². The molecule has 0 saturated carbocycles.